The van der Waals surface area contributed by atoms with Crippen LogP contribution in [0.3, 0.4) is 0 Å². The first-order chi connectivity index (χ1) is 14.5. The average Bonchev–Trinajstić information content (AvgIpc) is 3.02. The van der Waals surface area contributed by atoms with E-state index in [1.165, 1.54) is 24.2 Å². The van der Waals surface area contributed by atoms with Gasteiger partial charge in [0.05, 0.1) is 30.2 Å². The zero-order valence-electron chi connectivity index (χ0n) is 17.5. The number of rotatable bonds is 8. The quantitative estimate of drug-likeness (QED) is 0.301. The lowest BCUT2D eigenvalue weighted by Crippen LogP contribution is -2.53. The summed E-state index contributed by atoms with van der Waals surface area (Å²) in [6, 6.07) is 0.919. The fourth-order valence-corrected chi connectivity index (χ4v) is 4.44. The van der Waals surface area contributed by atoms with E-state index in [2.05, 4.69) is 15.6 Å². The molecule has 0 radical (unpaired) electrons. The molecule has 1 aromatic heterocycles. The summed E-state index contributed by atoms with van der Waals surface area (Å²) in [7, 11) is 0. The average molecular weight is 470 g/mol. The third kappa shape index (κ3) is 4.83. The second-order valence-corrected chi connectivity index (χ2v) is 9.85. The van der Waals surface area contributed by atoms with Crippen LogP contribution in [0.5, 0.6) is 0 Å². The Balaban J connectivity index is 1.63. The van der Waals surface area contributed by atoms with Crippen LogP contribution in [0.25, 0.3) is 0 Å². The van der Waals surface area contributed by atoms with Gasteiger partial charge in [-0.25, -0.2) is 0 Å². The van der Waals surface area contributed by atoms with E-state index in [0.717, 1.165) is 0 Å². The molecule has 1 saturated carbocycles. The zero-order valence-corrected chi connectivity index (χ0v) is 19.0. The number of hydrogen-bond donors (Lipinski definition) is 4. The van der Waals surface area contributed by atoms with Gasteiger partial charge in [-0.2, -0.15) is 0 Å². The number of amides is 2. The van der Waals surface area contributed by atoms with Gasteiger partial charge in [-0.1, -0.05) is 6.92 Å². The van der Waals surface area contributed by atoms with E-state index in [1.807, 2.05) is 6.92 Å². The molecule has 11 heteroatoms. The van der Waals surface area contributed by atoms with Crippen molar-refractivity contribution in [2.24, 2.45) is 11.1 Å². The van der Waals surface area contributed by atoms with Gasteiger partial charge < -0.3 is 21.3 Å². The van der Waals surface area contributed by atoms with Gasteiger partial charge in [0.1, 0.15) is 10.4 Å². The second-order valence-electron chi connectivity index (χ2n) is 8.37. The molecule has 1 aliphatic heterocycles. The number of ketones is 1. The van der Waals surface area contributed by atoms with Crippen LogP contribution in [0.4, 0.5) is 5.69 Å². The molecule has 2 heterocycles. The lowest BCUT2D eigenvalue weighted by molar-refractivity contribution is -0.139. The van der Waals surface area contributed by atoms with Crippen LogP contribution in [0, 0.1) is 5.41 Å². The van der Waals surface area contributed by atoms with Gasteiger partial charge in [0.2, 0.25) is 23.3 Å². The van der Waals surface area contributed by atoms with E-state index < -0.39 is 16.5 Å². The molecule has 3 rings (SSSR count). The van der Waals surface area contributed by atoms with Gasteiger partial charge in [-0.15, -0.1) is 23.2 Å². The number of hydrogen-bond acceptors (Lipinski definition) is 6. The Kier molecular flexibility index (Phi) is 6.59. The first-order valence-corrected chi connectivity index (χ1v) is 10.8. The molecule has 6 N–H and O–H groups in total. The monoisotopic (exact) mass is 469 g/mol. The molecule has 3 atom stereocenters. The summed E-state index contributed by atoms with van der Waals surface area (Å²) in [6.07, 6.45) is 3.99. The minimum atomic E-state index is -0.841. The Morgan fingerprint density at radius 1 is 1.35 bits per heavy atom. The summed E-state index contributed by atoms with van der Waals surface area (Å²) < 4.78 is -0.841. The van der Waals surface area contributed by atoms with Gasteiger partial charge in [0.15, 0.2) is 0 Å². The minimum absolute atomic E-state index is 0.0655. The summed E-state index contributed by atoms with van der Waals surface area (Å²) in [5.74, 6) is -0.918. The fourth-order valence-electron chi connectivity index (χ4n) is 3.71. The Morgan fingerprint density at radius 3 is 2.65 bits per heavy atom. The topological polar surface area (TPSA) is 143 Å². The van der Waals surface area contributed by atoms with Crippen molar-refractivity contribution in [2.45, 2.75) is 49.7 Å². The number of aromatic nitrogens is 1. The molecule has 0 spiro atoms. The van der Waals surface area contributed by atoms with Crippen LogP contribution in [0.1, 0.15) is 38.7 Å². The molecule has 0 bridgehead atoms. The summed E-state index contributed by atoms with van der Waals surface area (Å²) in [6.45, 7) is 3.45. The van der Waals surface area contributed by atoms with Gasteiger partial charge in [0.25, 0.3) is 0 Å². The second kappa shape index (κ2) is 8.72. The molecule has 2 aliphatic rings. The number of carbonyl (C=O) groups excluding carboxylic acids is 3. The Labute approximate surface area is 190 Å². The Bertz CT molecular complexity index is 924. The van der Waals surface area contributed by atoms with Crippen LogP contribution < -0.4 is 21.8 Å². The molecule has 31 heavy (non-hydrogen) atoms. The van der Waals surface area contributed by atoms with Gasteiger partial charge in [-0.3, -0.25) is 24.8 Å². The maximum atomic E-state index is 12.9. The molecule has 1 aromatic rings. The van der Waals surface area contributed by atoms with Crippen molar-refractivity contribution in [2.75, 3.05) is 18.4 Å². The lowest BCUT2D eigenvalue weighted by atomic mass is 10.1. The van der Waals surface area contributed by atoms with Crippen LogP contribution in [-0.4, -0.2) is 62.8 Å². The molecule has 2 unspecified atom stereocenters. The molecule has 2 fully saturated rings. The summed E-state index contributed by atoms with van der Waals surface area (Å²) in [5.41, 5.74) is 6.69. The van der Waals surface area contributed by atoms with Gasteiger partial charge in [0, 0.05) is 25.1 Å². The van der Waals surface area contributed by atoms with E-state index in [1.54, 1.807) is 6.07 Å². The van der Waals surface area contributed by atoms with Crippen LogP contribution in [0.2, 0.25) is 0 Å². The largest absolute Gasteiger partial charge is 0.374 e. The third-order valence-corrected chi connectivity index (χ3v) is 7.14. The lowest BCUT2D eigenvalue weighted by Gasteiger charge is -2.28. The molecule has 168 valence electrons. The van der Waals surface area contributed by atoms with Crippen LogP contribution in [-0.2, 0) is 14.4 Å². The predicted octanol–water partition coefficient (Wildman–Crippen LogP) is -0.393. The molecule has 0 aromatic carbocycles. The predicted molar refractivity (Wildman–Crippen MR) is 117 cm³/mol. The SMILES string of the molecule is CC(=O)C(=[NH2+])c1ccncc1NCC(=O)N1C(N)CC[C@H]1C(=O)NCC1(C)CC1(Cl)Cl. The van der Waals surface area contributed by atoms with E-state index in [-0.39, 0.29) is 35.3 Å². The maximum Gasteiger partial charge on any atom is 0.249 e. The van der Waals surface area contributed by atoms with Crippen molar-refractivity contribution in [1.82, 2.24) is 15.2 Å². The van der Waals surface area contributed by atoms with Crippen molar-refractivity contribution >= 4 is 52.2 Å². The number of carbonyl (C=O) groups is 3. The van der Waals surface area contributed by atoms with Crippen molar-refractivity contribution in [1.29, 1.82) is 0 Å². The number of pyridine rings is 1. The zero-order chi connectivity index (χ0) is 23.0. The fraction of sp³-hybridized carbons (Fsp3) is 0.550. The van der Waals surface area contributed by atoms with Crippen molar-refractivity contribution in [3.63, 3.8) is 0 Å². The number of alkyl halides is 2. The minimum Gasteiger partial charge on any atom is -0.374 e. The first kappa shape index (κ1) is 23.4. The van der Waals surface area contributed by atoms with Crippen LogP contribution >= 0.6 is 23.2 Å². The number of halogens is 2. The van der Waals surface area contributed by atoms with E-state index in [4.69, 9.17) is 34.3 Å². The Morgan fingerprint density at radius 2 is 2.03 bits per heavy atom. The van der Waals surface area contributed by atoms with Crippen molar-refractivity contribution in [3.8, 4) is 0 Å². The van der Waals surface area contributed by atoms with E-state index in [0.29, 0.717) is 37.1 Å². The number of likely N-dealkylation sites (tertiary alicyclic amines) is 1. The summed E-state index contributed by atoms with van der Waals surface area (Å²) >= 11 is 12.3. The third-order valence-electron chi connectivity index (χ3n) is 5.96. The summed E-state index contributed by atoms with van der Waals surface area (Å²) in [5, 5.41) is 11.7. The standard InChI is InChI=1S/C20H26Cl2N6O3/c1-11(29)17(24)12-5-6-25-7-13(12)26-8-16(30)28-14(3-4-15(28)23)18(31)27-10-19(2)9-20(19,21)22/h5-7,14-15,24,26H,3-4,8-10,23H2,1-2H3,(H,27,31)/p+1/t14-,15?,19?/m0/s1. The molecule has 9 nitrogen and oxygen atoms in total. The first-order valence-electron chi connectivity index (χ1n) is 10.0. The normalized spacial score (nSPS) is 26.3. The number of Topliss-reactive ketones (excluding diaryl/α,β-unsaturated/α-hetero) is 1. The van der Waals surface area contributed by atoms with Crippen molar-refractivity contribution in [3.05, 3.63) is 24.0 Å². The number of nitrogens with two attached hydrogens (primary N) is 2. The molecule has 2 amide bonds. The number of nitrogens with zero attached hydrogens (tertiary/aromatic N) is 2. The smallest absolute Gasteiger partial charge is 0.249 e. The van der Waals surface area contributed by atoms with Crippen molar-refractivity contribution < 1.29 is 19.8 Å². The number of anilines is 1. The van der Waals surface area contributed by atoms with E-state index in [9.17, 15) is 14.4 Å². The number of nitrogens with one attached hydrogen (secondary N) is 2. The molecular weight excluding hydrogens is 443 g/mol. The van der Waals surface area contributed by atoms with E-state index >= 15 is 0 Å². The molecular formula is C20H27Cl2N6O3+. The highest BCUT2D eigenvalue weighted by Gasteiger charge is 2.62. The van der Waals surface area contributed by atoms with Gasteiger partial charge in [-0.05, 0) is 25.3 Å². The maximum absolute atomic E-state index is 12.9. The Hall–Kier alpha value is -2.23. The van der Waals surface area contributed by atoms with Gasteiger partial charge >= 0.3 is 0 Å². The molecule has 1 saturated heterocycles. The van der Waals surface area contributed by atoms with Crippen LogP contribution in [0.15, 0.2) is 18.5 Å². The summed E-state index contributed by atoms with van der Waals surface area (Å²) in [4.78, 5) is 42.7. The highest BCUT2D eigenvalue weighted by molar-refractivity contribution is 6.51. The highest BCUT2D eigenvalue weighted by Crippen LogP contribution is 2.63. The molecule has 1 aliphatic carbocycles. The highest BCUT2D eigenvalue weighted by atomic mass is 35.5.